The topological polar surface area (TPSA) is 73.9 Å². The zero-order valence-electron chi connectivity index (χ0n) is 21.1. The Balaban J connectivity index is 1.54. The van der Waals surface area contributed by atoms with Gasteiger partial charge in [-0.05, 0) is 30.4 Å². The highest BCUT2D eigenvalue weighted by molar-refractivity contribution is 5.79. The lowest BCUT2D eigenvalue weighted by molar-refractivity contribution is -0.123. The first kappa shape index (κ1) is 27.5. The fourth-order valence-corrected chi connectivity index (χ4v) is 4.58. The van der Waals surface area contributed by atoms with Gasteiger partial charge in [-0.1, -0.05) is 85.0 Å². The third-order valence-corrected chi connectivity index (χ3v) is 6.25. The Morgan fingerprint density at radius 2 is 1.42 bits per heavy atom. The van der Waals surface area contributed by atoms with E-state index in [1.54, 1.807) is 0 Å². The highest BCUT2D eigenvalue weighted by Gasteiger charge is 2.42. The summed E-state index contributed by atoms with van der Waals surface area (Å²) in [5.74, 6) is 0.149. The number of rotatable bonds is 16. The number of ether oxygens (including phenoxy) is 3. The van der Waals surface area contributed by atoms with E-state index < -0.39 is 5.41 Å². The van der Waals surface area contributed by atoms with E-state index in [4.69, 9.17) is 14.2 Å². The monoisotopic (exact) mass is 491 g/mol. The van der Waals surface area contributed by atoms with E-state index in [1.807, 2.05) is 36.4 Å². The van der Waals surface area contributed by atoms with E-state index in [-0.39, 0.29) is 24.2 Å². The molecular formula is C30H37NO5. The molecule has 1 amide bonds. The molecule has 0 radical (unpaired) electrons. The fourth-order valence-electron chi connectivity index (χ4n) is 4.58. The van der Waals surface area contributed by atoms with Crippen LogP contribution in [-0.4, -0.2) is 57.9 Å². The molecule has 0 saturated carbocycles. The molecule has 6 nitrogen and oxygen atoms in total. The molecule has 1 atom stereocenters. The van der Waals surface area contributed by atoms with Crippen LogP contribution < -0.4 is 5.32 Å². The van der Waals surface area contributed by atoms with Crippen molar-refractivity contribution >= 4 is 11.7 Å². The molecule has 3 rings (SSSR count). The van der Waals surface area contributed by atoms with Crippen molar-refractivity contribution in [1.82, 2.24) is 5.32 Å². The minimum atomic E-state index is -0.479. The average molecular weight is 492 g/mol. The van der Waals surface area contributed by atoms with Crippen molar-refractivity contribution in [2.75, 3.05) is 46.2 Å². The predicted molar refractivity (Wildman–Crippen MR) is 141 cm³/mol. The van der Waals surface area contributed by atoms with E-state index in [0.29, 0.717) is 46.0 Å². The zero-order chi connectivity index (χ0) is 25.5. The van der Waals surface area contributed by atoms with Gasteiger partial charge in [-0.25, -0.2) is 0 Å². The lowest BCUT2D eigenvalue weighted by Crippen LogP contribution is -2.42. The number of allylic oxidation sites excluding steroid dienone is 4. The quantitative estimate of drug-likeness (QED) is 0.356. The van der Waals surface area contributed by atoms with Crippen LogP contribution in [0.1, 0.15) is 30.9 Å². The molecule has 0 fully saturated rings. The highest BCUT2D eigenvalue weighted by atomic mass is 16.5. The highest BCUT2D eigenvalue weighted by Crippen LogP contribution is 2.45. The van der Waals surface area contributed by atoms with Crippen LogP contribution in [0, 0.1) is 5.92 Å². The smallest absolute Gasteiger partial charge is 0.221 e. The summed E-state index contributed by atoms with van der Waals surface area (Å²) in [6.45, 7) is 4.10. The van der Waals surface area contributed by atoms with E-state index >= 15 is 0 Å². The number of carbonyl (C=O) groups is 2. The van der Waals surface area contributed by atoms with Crippen LogP contribution in [0.4, 0.5) is 0 Å². The van der Waals surface area contributed by atoms with E-state index in [1.165, 1.54) is 6.92 Å². The molecule has 36 heavy (non-hydrogen) atoms. The maximum Gasteiger partial charge on any atom is 0.221 e. The zero-order valence-corrected chi connectivity index (χ0v) is 21.1. The van der Waals surface area contributed by atoms with Crippen LogP contribution in [-0.2, 0) is 29.2 Å². The Morgan fingerprint density at radius 3 is 1.97 bits per heavy atom. The molecule has 1 unspecified atom stereocenters. The van der Waals surface area contributed by atoms with Gasteiger partial charge < -0.3 is 19.5 Å². The number of benzene rings is 2. The van der Waals surface area contributed by atoms with Crippen molar-refractivity contribution in [2.45, 2.75) is 25.2 Å². The first-order chi connectivity index (χ1) is 17.6. The Kier molecular flexibility index (Phi) is 11.6. The van der Waals surface area contributed by atoms with Crippen LogP contribution in [0.2, 0.25) is 0 Å². The lowest BCUT2D eigenvalue weighted by atomic mass is 9.62. The van der Waals surface area contributed by atoms with Crippen molar-refractivity contribution in [3.63, 3.8) is 0 Å². The second-order valence-electron chi connectivity index (χ2n) is 8.86. The Morgan fingerprint density at radius 1 is 0.833 bits per heavy atom. The van der Waals surface area contributed by atoms with Crippen molar-refractivity contribution in [3.8, 4) is 0 Å². The van der Waals surface area contributed by atoms with Crippen LogP contribution in [0.3, 0.4) is 0 Å². The van der Waals surface area contributed by atoms with Crippen LogP contribution >= 0.6 is 0 Å². The van der Waals surface area contributed by atoms with Crippen molar-refractivity contribution < 1.29 is 23.8 Å². The molecule has 6 heteroatoms. The summed E-state index contributed by atoms with van der Waals surface area (Å²) < 4.78 is 16.1. The lowest BCUT2D eigenvalue weighted by Gasteiger charge is -2.41. The molecule has 1 aliphatic rings. The predicted octanol–water partition coefficient (Wildman–Crippen LogP) is 4.25. The largest absolute Gasteiger partial charge is 0.377 e. The second kappa shape index (κ2) is 15.1. The van der Waals surface area contributed by atoms with Gasteiger partial charge in [0.25, 0.3) is 0 Å². The Hall–Kier alpha value is -3.06. The minimum Gasteiger partial charge on any atom is -0.377 e. The summed E-state index contributed by atoms with van der Waals surface area (Å²) in [6.07, 6.45) is 9.76. The number of carbonyl (C=O) groups excluding carboxylic acids is 2. The number of Topliss-reactive ketones (excluding diaryl/α,β-unsaturated/α-hetero) is 1. The van der Waals surface area contributed by atoms with Crippen molar-refractivity contribution in [2.24, 2.45) is 5.92 Å². The number of nitrogens with one attached hydrogen (secondary N) is 1. The number of ketones is 1. The van der Waals surface area contributed by atoms with Gasteiger partial charge in [-0.15, -0.1) is 0 Å². The first-order valence-electron chi connectivity index (χ1n) is 12.6. The van der Waals surface area contributed by atoms with Crippen LogP contribution in [0.25, 0.3) is 0 Å². The number of hydrogen-bond donors (Lipinski definition) is 1. The summed E-state index contributed by atoms with van der Waals surface area (Å²) in [7, 11) is 0. The Bertz CT molecular complexity index is 947. The summed E-state index contributed by atoms with van der Waals surface area (Å²) in [5.41, 5.74) is 1.79. The van der Waals surface area contributed by atoms with E-state index in [2.05, 4.69) is 53.9 Å². The van der Waals surface area contributed by atoms with Crippen molar-refractivity contribution in [1.29, 1.82) is 0 Å². The van der Waals surface area contributed by atoms with Gasteiger partial charge in [0, 0.05) is 18.4 Å². The summed E-state index contributed by atoms with van der Waals surface area (Å²) in [6, 6.07) is 20.7. The molecule has 192 valence electrons. The van der Waals surface area contributed by atoms with Gasteiger partial charge in [0.15, 0.2) is 5.78 Å². The van der Waals surface area contributed by atoms with Gasteiger partial charge in [0.05, 0.1) is 33.0 Å². The maximum absolute atomic E-state index is 13.3. The fraction of sp³-hybridized carbons (Fsp3) is 0.400. The molecule has 0 heterocycles. The molecule has 2 aromatic carbocycles. The molecule has 1 N–H and O–H groups in total. The average Bonchev–Trinajstić information content (AvgIpc) is 2.91. The molecule has 1 aliphatic carbocycles. The molecular weight excluding hydrogens is 454 g/mol. The Labute approximate surface area is 214 Å². The minimum absolute atomic E-state index is 0.00259. The summed E-state index contributed by atoms with van der Waals surface area (Å²) in [5, 5.41) is 3.05. The number of amides is 1. The third kappa shape index (κ3) is 8.26. The third-order valence-electron chi connectivity index (χ3n) is 6.25. The van der Waals surface area contributed by atoms with Crippen molar-refractivity contribution in [3.05, 3.63) is 96.1 Å². The maximum atomic E-state index is 13.3. The summed E-state index contributed by atoms with van der Waals surface area (Å²) >= 11 is 0. The molecule has 0 aliphatic heterocycles. The molecule has 2 aromatic rings. The molecule has 0 aromatic heterocycles. The van der Waals surface area contributed by atoms with Gasteiger partial charge in [0.2, 0.25) is 5.91 Å². The molecule has 0 saturated heterocycles. The number of hydrogen-bond acceptors (Lipinski definition) is 5. The molecule has 0 spiro atoms. The summed E-state index contributed by atoms with van der Waals surface area (Å²) in [4.78, 5) is 24.1. The van der Waals surface area contributed by atoms with Crippen LogP contribution in [0.15, 0.2) is 85.0 Å². The van der Waals surface area contributed by atoms with Gasteiger partial charge >= 0.3 is 0 Å². The first-order valence-corrected chi connectivity index (χ1v) is 12.6. The van der Waals surface area contributed by atoms with E-state index in [9.17, 15) is 9.59 Å². The molecule has 0 bridgehead atoms. The normalized spacial score (nSPS) is 15.1. The second-order valence-corrected chi connectivity index (χ2v) is 8.86. The standard InChI is InChI=1S/C30H37NO5/c1-25(32)24-36-22-21-35-20-19-34-18-17-31-29(33)23-30(26-11-5-2-6-12-26,27-13-7-3-8-14-27)28-15-9-4-10-16-28/h2-15,28H,16-24H2,1H3,(H,31,33). The van der Waals surface area contributed by atoms with Gasteiger partial charge in [-0.2, -0.15) is 0 Å². The van der Waals surface area contributed by atoms with Gasteiger partial charge in [-0.3, -0.25) is 9.59 Å². The van der Waals surface area contributed by atoms with Crippen LogP contribution in [0.5, 0.6) is 0 Å². The SMILES string of the molecule is CC(=O)COCCOCCOCCNC(=O)CC(c1ccccc1)(c1ccccc1)C1C=CC=CC1. The van der Waals surface area contributed by atoms with E-state index in [0.717, 1.165) is 17.5 Å². The van der Waals surface area contributed by atoms with Gasteiger partial charge in [0.1, 0.15) is 6.61 Å².